The van der Waals surface area contributed by atoms with E-state index in [4.69, 9.17) is 5.84 Å². The minimum absolute atomic E-state index is 0.0608. The molecule has 1 unspecified atom stereocenters. The predicted octanol–water partition coefficient (Wildman–Crippen LogP) is 0.697. The summed E-state index contributed by atoms with van der Waals surface area (Å²) >= 11 is 0. The number of nitrogens with two attached hydrogens (primary N) is 1. The third-order valence-corrected chi connectivity index (χ3v) is 5.69. The summed E-state index contributed by atoms with van der Waals surface area (Å²) in [5.74, 6) is 6.16. The van der Waals surface area contributed by atoms with Gasteiger partial charge in [0.1, 0.15) is 0 Å². The summed E-state index contributed by atoms with van der Waals surface area (Å²) in [7, 11) is 0. The lowest BCUT2D eigenvalue weighted by Crippen LogP contribution is -2.57. The average molecular weight is 265 g/mol. The van der Waals surface area contributed by atoms with Gasteiger partial charge in [0.05, 0.1) is 0 Å². The van der Waals surface area contributed by atoms with Gasteiger partial charge in [-0.1, -0.05) is 0 Å². The molecule has 0 radical (unpaired) electrons. The maximum absolute atomic E-state index is 11.7. The first-order valence-corrected chi connectivity index (χ1v) is 7.34. The van der Waals surface area contributed by atoms with Crippen LogP contribution in [0.2, 0.25) is 0 Å². The van der Waals surface area contributed by atoms with Crippen molar-refractivity contribution in [3.63, 3.8) is 0 Å². The molecule has 0 saturated heterocycles. The van der Waals surface area contributed by atoms with Crippen molar-refractivity contribution in [2.75, 3.05) is 0 Å². The van der Waals surface area contributed by atoms with Crippen LogP contribution in [0.4, 0.5) is 0 Å². The van der Waals surface area contributed by atoms with Gasteiger partial charge < -0.3 is 5.32 Å². The smallest absolute Gasteiger partial charge is 0.323 e. The highest BCUT2D eigenvalue weighted by atomic mass is 16.2. The fourth-order valence-corrected chi connectivity index (χ4v) is 5.19. The van der Waals surface area contributed by atoms with Crippen molar-refractivity contribution in [2.24, 2.45) is 29.0 Å². The van der Waals surface area contributed by atoms with Crippen LogP contribution in [0.15, 0.2) is 0 Å². The molecular formula is C14H23N3O2. The number of rotatable bonds is 2. The zero-order valence-corrected chi connectivity index (χ0v) is 11.4. The van der Waals surface area contributed by atoms with Crippen molar-refractivity contribution < 1.29 is 9.59 Å². The van der Waals surface area contributed by atoms with Crippen LogP contribution >= 0.6 is 0 Å². The normalized spacial score (nSPS) is 40.8. The molecular weight excluding hydrogens is 242 g/mol. The van der Waals surface area contributed by atoms with Crippen molar-refractivity contribution >= 4 is 11.8 Å². The second kappa shape index (κ2) is 4.47. The summed E-state index contributed by atoms with van der Waals surface area (Å²) in [6.45, 7) is 2.05. The Morgan fingerprint density at radius 1 is 1.05 bits per heavy atom. The topological polar surface area (TPSA) is 84.2 Å². The van der Waals surface area contributed by atoms with Crippen LogP contribution in [0.1, 0.15) is 45.4 Å². The van der Waals surface area contributed by atoms with E-state index in [1.54, 1.807) is 0 Å². The number of hydrogen-bond acceptors (Lipinski definition) is 3. The van der Waals surface area contributed by atoms with E-state index in [1.807, 2.05) is 5.43 Å². The standard InChI is InChI=1S/C14H23N3O2/c1-8(16-12(18)13(19)17-15)14-5-9-2-10(6-14)4-11(3-9)7-14/h8-11H,2-7,15H2,1H3,(H,16,18)(H,17,19). The Hall–Kier alpha value is -1.10. The van der Waals surface area contributed by atoms with Gasteiger partial charge in [-0.25, -0.2) is 5.84 Å². The third-order valence-electron chi connectivity index (χ3n) is 5.69. The van der Waals surface area contributed by atoms with E-state index in [2.05, 4.69) is 12.2 Å². The molecule has 4 saturated carbocycles. The van der Waals surface area contributed by atoms with Crippen LogP contribution in [-0.2, 0) is 9.59 Å². The van der Waals surface area contributed by atoms with E-state index in [9.17, 15) is 9.59 Å². The Morgan fingerprint density at radius 2 is 1.53 bits per heavy atom. The van der Waals surface area contributed by atoms with Crippen LogP contribution in [0, 0.1) is 23.2 Å². The van der Waals surface area contributed by atoms with Gasteiger partial charge in [-0.05, 0) is 68.6 Å². The van der Waals surface area contributed by atoms with Gasteiger partial charge >= 0.3 is 11.8 Å². The number of amides is 2. The summed E-state index contributed by atoms with van der Waals surface area (Å²) in [4.78, 5) is 22.9. The second-order valence-corrected chi connectivity index (χ2v) is 6.95. The lowest BCUT2D eigenvalue weighted by Gasteiger charge is -2.59. The summed E-state index contributed by atoms with van der Waals surface area (Å²) in [6.07, 6.45) is 7.77. The van der Waals surface area contributed by atoms with E-state index in [-0.39, 0.29) is 11.5 Å². The SMILES string of the molecule is CC(NC(=O)C(=O)NN)C12CC3CC(CC(C3)C1)C2. The van der Waals surface area contributed by atoms with Crippen molar-refractivity contribution in [1.82, 2.24) is 10.7 Å². The predicted molar refractivity (Wildman–Crippen MR) is 70.5 cm³/mol. The first kappa shape index (κ1) is 12.9. The van der Waals surface area contributed by atoms with Gasteiger partial charge in [0.25, 0.3) is 0 Å². The summed E-state index contributed by atoms with van der Waals surface area (Å²) in [6, 6.07) is 0.0608. The van der Waals surface area contributed by atoms with Gasteiger partial charge in [0, 0.05) is 6.04 Å². The number of hydrogen-bond donors (Lipinski definition) is 3. The van der Waals surface area contributed by atoms with Crippen LogP contribution < -0.4 is 16.6 Å². The molecule has 19 heavy (non-hydrogen) atoms. The molecule has 4 aliphatic rings. The molecule has 2 amide bonds. The fourth-order valence-electron chi connectivity index (χ4n) is 5.19. The molecule has 4 aliphatic carbocycles. The van der Waals surface area contributed by atoms with Gasteiger partial charge in [0.15, 0.2) is 0 Å². The van der Waals surface area contributed by atoms with E-state index >= 15 is 0 Å². The quantitative estimate of drug-likeness (QED) is 0.297. The van der Waals surface area contributed by atoms with Gasteiger partial charge in [0.2, 0.25) is 0 Å². The number of nitrogens with one attached hydrogen (secondary N) is 2. The average Bonchev–Trinajstić information content (AvgIpc) is 2.36. The molecule has 5 nitrogen and oxygen atoms in total. The second-order valence-electron chi connectivity index (χ2n) is 6.95. The van der Waals surface area contributed by atoms with E-state index in [1.165, 1.54) is 38.5 Å². The van der Waals surface area contributed by atoms with Crippen LogP contribution in [0.25, 0.3) is 0 Å². The molecule has 0 aromatic rings. The molecule has 5 heteroatoms. The fraction of sp³-hybridized carbons (Fsp3) is 0.857. The zero-order valence-electron chi connectivity index (χ0n) is 11.4. The first-order valence-electron chi connectivity index (χ1n) is 7.34. The highest BCUT2D eigenvalue weighted by molar-refractivity contribution is 6.34. The highest BCUT2D eigenvalue weighted by Crippen LogP contribution is 2.61. The molecule has 4 bridgehead atoms. The number of hydrazine groups is 1. The van der Waals surface area contributed by atoms with Gasteiger partial charge in [-0.15, -0.1) is 0 Å². The van der Waals surface area contributed by atoms with Crippen molar-refractivity contribution in [3.05, 3.63) is 0 Å². The molecule has 4 fully saturated rings. The zero-order chi connectivity index (χ0) is 13.6. The number of carbonyl (C=O) groups excluding carboxylic acids is 2. The minimum atomic E-state index is -0.753. The Kier molecular flexibility index (Phi) is 3.04. The summed E-state index contributed by atoms with van der Waals surface area (Å²) in [5.41, 5.74) is 2.11. The van der Waals surface area contributed by atoms with Crippen molar-refractivity contribution in [1.29, 1.82) is 0 Å². The largest absolute Gasteiger partial charge is 0.345 e. The lowest BCUT2D eigenvalue weighted by molar-refractivity contribution is -0.141. The van der Waals surface area contributed by atoms with E-state index in [0.717, 1.165) is 17.8 Å². The molecule has 1 atom stereocenters. The first-order chi connectivity index (χ1) is 9.02. The Morgan fingerprint density at radius 3 is 1.95 bits per heavy atom. The minimum Gasteiger partial charge on any atom is -0.345 e. The summed E-state index contributed by atoms with van der Waals surface area (Å²) < 4.78 is 0. The molecule has 0 heterocycles. The molecule has 0 aliphatic heterocycles. The van der Waals surface area contributed by atoms with Gasteiger partial charge in [-0.3, -0.25) is 15.0 Å². The molecule has 106 valence electrons. The third kappa shape index (κ3) is 2.14. The molecule has 0 aromatic heterocycles. The highest BCUT2D eigenvalue weighted by Gasteiger charge is 2.53. The molecule has 4 rings (SSSR count). The summed E-state index contributed by atoms with van der Waals surface area (Å²) in [5, 5.41) is 2.86. The van der Waals surface area contributed by atoms with Crippen LogP contribution in [0.5, 0.6) is 0 Å². The maximum Gasteiger partial charge on any atom is 0.323 e. The molecule has 4 N–H and O–H groups in total. The van der Waals surface area contributed by atoms with E-state index in [0.29, 0.717) is 0 Å². The Balaban J connectivity index is 1.71. The van der Waals surface area contributed by atoms with Crippen molar-refractivity contribution in [3.8, 4) is 0 Å². The number of carbonyl (C=O) groups is 2. The Bertz CT molecular complexity index is 372. The lowest BCUT2D eigenvalue weighted by atomic mass is 9.48. The van der Waals surface area contributed by atoms with E-state index < -0.39 is 11.8 Å². The van der Waals surface area contributed by atoms with Gasteiger partial charge in [-0.2, -0.15) is 0 Å². The van der Waals surface area contributed by atoms with Crippen molar-refractivity contribution in [2.45, 2.75) is 51.5 Å². The molecule has 0 aromatic carbocycles. The maximum atomic E-state index is 11.7. The molecule has 0 spiro atoms. The van der Waals surface area contributed by atoms with Crippen LogP contribution in [-0.4, -0.2) is 17.9 Å². The van der Waals surface area contributed by atoms with Crippen LogP contribution in [0.3, 0.4) is 0 Å². The monoisotopic (exact) mass is 265 g/mol. The Labute approximate surface area is 113 Å².